The summed E-state index contributed by atoms with van der Waals surface area (Å²) in [4.78, 5) is 14.1. The van der Waals surface area contributed by atoms with Crippen molar-refractivity contribution < 1.29 is 13.9 Å². The molecule has 2 aromatic rings. The second-order valence-electron chi connectivity index (χ2n) is 5.55. The van der Waals surface area contributed by atoms with Crippen LogP contribution in [0.5, 0.6) is 5.75 Å². The first-order valence-corrected chi connectivity index (χ1v) is 8.64. The lowest BCUT2D eigenvalue weighted by molar-refractivity contribution is -0.116. The van der Waals surface area contributed by atoms with Crippen molar-refractivity contribution >= 4 is 28.9 Å². The van der Waals surface area contributed by atoms with Gasteiger partial charge in [0.2, 0.25) is 5.91 Å². The van der Waals surface area contributed by atoms with Gasteiger partial charge in [-0.05, 0) is 49.0 Å². The van der Waals surface area contributed by atoms with Gasteiger partial charge in [-0.2, -0.15) is 0 Å². The van der Waals surface area contributed by atoms with Crippen molar-refractivity contribution in [1.29, 1.82) is 0 Å². The predicted octanol–water partition coefficient (Wildman–Crippen LogP) is 3.17. The van der Waals surface area contributed by atoms with Crippen molar-refractivity contribution in [2.75, 3.05) is 25.5 Å². The maximum Gasteiger partial charge on any atom is 0.244 e. The lowest BCUT2D eigenvalue weighted by Crippen LogP contribution is -2.43. The molecule has 0 radical (unpaired) electrons. The first kappa shape index (κ1) is 19.7. The molecule has 2 N–H and O–H groups in total. The van der Waals surface area contributed by atoms with Crippen LogP contribution in [-0.2, 0) is 11.3 Å². The summed E-state index contributed by atoms with van der Waals surface area (Å²) < 4.78 is 18.2. The van der Waals surface area contributed by atoms with Gasteiger partial charge in [-0.25, -0.2) is 4.39 Å². The van der Waals surface area contributed by atoms with Crippen LogP contribution < -0.4 is 15.4 Å². The highest BCUT2D eigenvalue weighted by atomic mass is 32.1. The number of nitrogens with one attached hydrogen (secondary N) is 2. The van der Waals surface area contributed by atoms with Gasteiger partial charge in [-0.15, -0.1) is 0 Å². The molecular weight excluding hydrogens is 353 g/mol. The van der Waals surface area contributed by atoms with Crippen molar-refractivity contribution in [2.45, 2.75) is 13.5 Å². The van der Waals surface area contributed by atoms with Gasteiger partial charge in [-0.3, -0.25) is 4.79 Å². The fraction of sp³-hybridized carbons (Fsp3) is 0.263. The standard InChI is InChI=1S/C19H22FN3O2S/c1-3-23(19(26)21-12-14-8-10-15(20)11-9-14)13-18(24)22-16-6-4-5-7-17(16)25-2/h4-11H,3,12-13H2,1-2H3,(H,21,26)(H,22,24). The molecule has 5 nitrogen and oxygen atoms in total. The smallest absolute Gasteiger partial charge is 0.244 e. The number of para-hydroxylation sites is 2. The van der Waals surface area contributed by atoms with Crippen LogP contribution in [0.25, 0.3) is 0 Å². The number of ether oxygens (including phenoxy) is 1. The number of nitrogens with zero attached hydrogens (tertiary/aromatic N) is 1. The molecule has 2 aromatic carbocycles. The molecule has 0 spiro atoms. The molecule has 0 aliphatic heterocycles. The first-order chi connectivity index (χ1) is 12.5. The molecule has 2 rings (SSSR count). The summed E-state index contributed by atoms with van der Waals surface area (Å²) in [7, 11) is 1.55. The van der Waals surface area contributed by atoms with E-state index in [-0.39, 0.29) is 18.3 Å². The fourth-order valence-electron chi connectivity index (χ4n) is 2.33. The summed E-state index contributed by atoms with van der Waals surface area (Å²) in [6, 6.07) is 13.4. The van der Waals surface area contributed by atoms with Crippen molar-refractivity contribution in [3.05, 3.63) is 59.9 Å². The Hall–Kier alpha value is -2.67. The third kappa shape index (κ3) is 5.70. The summed E-state index contributed by atoms with van der Waals surface area (Å²) in [5.74, 6) is 0.128. The van der Waals surface area contributed by atoms with E-state index in [9.17, 15) is 9.18 Å². The molecule has 0 bridgehead atoms. The first-order valence-electron chi connectivity index (χ1n) is 8.23. The van der Waals surface area contributed by atoms with Crippen LogP contribution in [0.4, 0.5) is 10.1 Å². The molecule has 0 heterocycles. The minimum atomic E-state index is -0.278. The van der Waals surface area contributed by atoms with Gasteiger partial charge in [0, 0.05) is 13.1 Å². The Kier molecular flexibility index (Phi) is 7.35. The summed E-state index contributed by atoms with van der Waals surface area (Å²) >= 11 is 5.37. The number of likely N-dealkylation sites (N-methyl/N-ethyl adjacent to an activating group) is 1. The topological polar surface area (TPSA) is 53.6 Å². The Bertz CT molecular complexity index is 753. The van der Waals surface area contributed by atoms with Gasteiger partial charge in [0.15, 0.2) is 5.11 Å². The predicted molar refractivity (Wildman–Crippen MR) is 105 cm³/mol. The Morgan fingerprint density at radius 3 is 2.54 bits per heavy atom. The number of hydrogen-bond donors (Lipinski definition) is 2. The second-order valence-corrected chi connectivity index (χ2v) is 5.93. The highest BCUT2D eigenvalue weighted by Gasteiger charge is 2.14. The number of rotatable bonds is 7. The Morgan fingerprint density at radius 1 is 1.19 bits per heavy atom. The molecular formula is C19H22FN3O2S. The van der Waals surface area contributed by atoms with Gasteiger partial charge in [0.05, 0.1) is 19.3 Å². The number of carbonyl (C=O) groups excluding carboxylic acids is 1. The Balaban J connectivity index is 1.89. The average Bonchev–Trinajstić information content (AvgIpc) is 2.65. The van der Waals surface area contributed by atoms with E-state index in [0.29, 0.717) is 29.6 Å². The maximum atomic E-state index is 12.9. The maximum absolute atomic E-state index is 12.9. The van der Waals surface area contributed by atoms with Crippen LogP contribution in [0.2, 0.25) is 0 Å². The molecule has 138 valence electrons. The molecule has 1 amide bonds. The number of methoxy groups -OCH3 is 1. The highest BCUT2D eigenvalue weighted by Crippen LogP contribution is 2.22. The minimum absolute atomic E-state index is 0.115. The van der Waals surface area contributed by atoms with Crippen LogP contribution in [0, 0.1) is 5.82 Å². The molecule has 0 aliphatic rings. The lowest BCUT2D eigenvalue weighted by Gasteiger charge is -2.24. The number of halogens is 1. The largest absolute Gasteiger partial charge is 0.495 e. The van der Waals surface area contributed by atoms with Gasteiger partial charge in [0.25, 0.3) is 0 Å². The number of amides is 1. The molecule has 0 unspecified atom stereocenters. The summed E-state index contributed by atoms with van der Waals surface area (Å²) in [5.41, 5.74) is 1.52. The van der Waals surface area contributed by atoms with Crippen LogP contribution >= 0.6 is 12.2 Å². The number of thiocarbonyl (C=S) groups is 1. The molecule has 0 aliphatic carbocycles. The number of hydrogen-bond acceptors (Lipinski definition) is 3. The van der Waals surface area contributed by atoms with Crippen LogP contribution in [-0.4, -0.2) is 36.1 Å². The van der Waals surface area contributed by atoms with E-state index in [1.165, 1.54) is 12.1 Å². The zero-order chi connectivity index (χ0) is 18.9. The van der Waals surface area contributed by atoms with Gasteiger partial charge in [0.1, 0.15) is 11.6 Å². The van der Waals surface area contributed by atoms with E-state index in [1.807, 2.05) is 19.1 Å². The number of carbonyl (C=O) groups is 1. The molecule has 26 heavy (non-hydrogen) atoms. The van der Waals surface area contributed by atoms with Crippen molar-refractivity contribution in [3.8, 4) is 5.75 Å². The van der Waals surface area contributed by atoms with E-state index < -0.39 is 0 Å². The van der Waals surface area contributed by atoms with Crippen molar-refractivity contribution in [1.82, 2.24) is 10.2 Å². The highest BCUT2D eigenvalue weighted by molar-refractivity contribution is 7.80. The van der Waals surface area contributed by atoms with Gasteiger partial charge < -0.3 is 20.3 Å². The molecule has 0 saturated heterocycles. The average molecular weight is 375 g/mol. The van der Waals surface area contributed by atoms with Crippen LogP contribution in [0.3, 0.4) is 0 Å². The molecule has 0 atom stereocenters. The second kappa shape index (κ2) is 9.72. The Labute approximate surface area is 158 Å². The third-order valence-corrected chi connectivity index (χ3v) is 4.14. The summed E-state index contributed by atoms with van der Waals surface area (Å²) in [6.45, 7) is 3.07. The van der Waals surface area contributed by atoms with E-state index in [4.69, 9.17) is 17.0 Å². The molecule has 0 aromatic heterocycles. The molecule has 0 fully saturated rings. The van der Waals surface area contributed by atoms with Crippen LogP contribution in [0.15, 0.2) is 48.5 Å². The minimum Gasteiger partial charge on any atom is -0.495 e. The van der Waals surface area contributed by atoms with E-state index in [1.54, 1.807) is 36.3 Å². The normalized spacial score (nSPS) is 10.1. The van der Waals surface area contributed by atoms with E-state index in [2.05, 4.69) is 10.6 Å². The van der Waals surface area contributed by atoms with Gasteiger partial charge in [-0.1, -0.05) is 24.3 Å². The van der Waals surface area contributed by atoms with E-state index in [0.717, 1.165) is 5.56 Å². The van der Waals surface area contributed by atoms with Gasteiger partial charge >= 0.3 is 0 Å². The monoisotopic (exact) mass is 375 g/mol. The quantitative estimate of drug-likeness (QED) is 0.728. The van der Waals surface area contributed by atoms with E-state index >= 15 is 0 Å². The molecule has 7 heteroatoms. The number of anilines is 1. The van der Waals surface area contributed by atoms with Crippen molar-refractivity contribution in [2.24, 2.45) is 0 Å². The Morgan fingerprint density at radius 2 is 1.88 bits per heavy atom. The zero-order valence-electron chi connectivity index (χ0n) is 14.8. The summed E-state index contributed by atoms with van der Waals surface area (Å²) in [5, 5.41) is 6.38. The third-order valence-electron chi connectivity index (χ3n) is 3.74. The zero-order valence-corrected chi connectivity index (χ0v) is 15.6. The van der Waals surface area contributed by atoms with Crippen LogP contribution in [0.1, 0.15) is 12.5 Å². The lowest BCUT2D eigenvalue weighted by atomic mass is 10.2. The number of benzene rings is 2. The summed E-state index contributed by atoms with van der Waals surface area (Å²) in [6.07, 6.45) is 0. The SMILES string of the molecule is CCN(CC(=O)Nc1ccccc1OC)C(=S)NCc1ccc(F)cc1. The van der Waals surface area contributed by atoms with Crippen molar-refractivity contribution in [3.63, 3.8) is 0 Å². The fourth-order valence-corrected chi connectivity index (χ4v) is 2.60. The molecule has 0 saturated carbocycles.